The molecule has 6 nitrogen and oxygen atoms in total. The third-order valence-corrected chi connectivity index (χ3v) is 4.56. The Bertz CT molecular complexity index is 749. The number of carbonyl (C=O) groups is 1. The minimum absolute atomic E-state index is 0.0716. The highest BCUT2D eigenvalue weighted by Gasteiger charge is 2.14. The number of aromatic nitrogens is 2. The molecule has 0 bridgehead atoms. The Balaban J connectivity index is 1.50. The molecule has 0 spiro atoms. The van der Waals surface area contributed by atoms with Gasteiger partial charge < -0.3 is 14.2 Å². The van der Waals surface area contributed by atoms with Gasteiger partial charge in [-0.15, -0.1) is 21.5 Å². The van der Waals surface area contributed by atoms with Crippen LogP contribution in [0, 0.1) is 6.92 Å². The Hall–Kier alpha value is -2.06. The summed E-state index contributed by atoms with van der Waals surface area (Å²) in [5.74, 6) is 1.27. The summed E-state index contributed by atoms with van der Waals surface area (Å²) in [5, 5.41) is 13.1. The van der Waals surface area contributed by atoms with Gasteiger partial charge in [0.05, 0.1) is 24.1 Å². The van der Waals surface area contributed by atoms with Crippen LogP contribution in [0.25, 0.3) is 11.5 Å². The third kappa shape index (κ3) is 3.58. The SMILES string of the molecule is Cc1occc1-c1nnc(SCC(=O)NCc2cccs2)o1. The van der Waals surface area contributed by atoms with Crippen LogP contribution in [0.1, 0.15) is 10.6 Å². The van der Waals surface area contributed by atoms with Crippen molar-refractivity contribution in [3.8, 4) is 11.5 Å². The van der Waals surface area contributed by atoms with E-state index < -0.39 is 0 Å². The van der Waals surface area contributed by atoms with Gasteiger partial charge in [-0.05, 0) is 24.4 Å². The van der Waals surface area contributed by atoms with Gasteiger partial charge in [-0.2, -0.15) is 0 Å². The minimum Gasteiger partial charge on any atom is -0.469 e. The van der Waals surface area contributed by atoms with Gasteiger partial charge in [0, 0.05) is 4.88 Å². The van der Waals surface area contributed by atoms with E-state index in [1.807, 2.05) is 24.4 Å². The number of nitrogens with one attached hydrogen (secondary N) is 1. The highest BCUT2D eigenvalue weighted by molar-refractivity contribution is 7.99. The van der Waals surface area contributed by atoms with Gasteiger partial charge in [0.1, 0.15) is 5.76 Å². The summed E-state index contributed by atoms with van der Waals surface area (Å²) in [6, 6.07) is 5.71. The van der Waals surface area contributed by atoms with Crippen molar-refractivity contribution in [2.45, 2.75) is 18.7 Å². The predicted octanol–water partition coefficient (Wildman–Crippen LogP) is 3.11. The maximum Gasteiger partial charge on any atom is 0.277 e. The van der Waals surface area contributed by atoms with Gasteiger partial charge in [0.2, 0.25) is 5.91 Å². The monoisotopic (exact) mass is 335 g/mol. The summed E-state index contributed by atoms with van der Waals surface area (Å²) >= 11 is 2.82. The Morgan fingerprint density at radius 2 is 2.32 bits per heavy atom. The fourth-order valence-electron chi connectivity index (χ4n) is 1.76. The van der Waals surface area contributed by atoms with Crippen LogP contribution in [0.3, 0.4) is 0 Å². The average Bonchev–Trinajstić information content (AvgIpc) is 3.24. The second-order valence-electron chi connectivity index (χ2n) is 4.41. The number of hydrogen-bond donors (Lipinski definition) is 1. The molecule has 8 heteroatoms. The smallest absolute Gasteiger partial charge is 0.277 e. The van der Waals surface area contributed by atoms with Crippen molar-refractivity contribution < 1.29 is 13.6 Å². The second-order valence-corrected chi connectivity index (χ2v) is 6.37. The van der Waals surface area contributed by atoms with Gasteiger partial charge in [0.15, 0.2) is 0 Å². The quantitative estimate of drug-likeness (QED) is 0.697. The molecule has 0 aromatic carbocycles. The molecule has 0 saturated carbocycles. The van der Waals surface area contributed by atoms with Gasteiger partial charge in [-0.25, -0.2) is 0 Å². The van der Waals surface area contributed by atoms with E-state index in [0.29, 0.717) is 23.4 Å². The third-order valence-electron chi connectivity index (χ3n) is 2.86. The van der Waals surface area contributed by atoms with E-state index in [2.05, 4.69) is 15.5 Å². The second kappa shape index (κ2) is 6.80. The zero-order valence-electron chi connectivity index (χ0n) is 11.7. The summed E-state index contributed by atoms with van der Waals surface area (Å²) in [7, 11) is 0. The van der Waals surface area contributed by atoms with Gasteiger partial charge in [0.25, 0.3) is 11.1 Å². The van der Waals surface area contributed by atoms with E-state index in [1.165, 1.54) is 11.8 Å². The summed E-state index contributed by atoms with van der Waals surface area (Å²) in [6.07, 6.45) is 1.57. The summed E-state index contributed by atoms with van der Waals surface area (Å²) in [6.45, 7) is 2.37. The van der Waals surface area contributed by atoms with E-state index >= 15 is 0 Å². The molecule has 0 aliphatic heterocycles. The molecule has 0 saturated heterocycles. The first-order chi connectivity index (χ1) is 10.7. The Morgan fingerprint density at radius 1 is 1.41 bits per heavy atom. The van der Waals surface area contributed by atoms with Crippen LogP contribution in [0.5, 0.6) is 0 Å². The number of carbonyl (C=O) groups excluding carboxylic acids is 1. The molecule has 3 aromatic rings. The van der Waals surface area contributed by atoms with E-state index in [9.17, 15) is 4.79 Å². The Labute approximate surface area is 134 Å². The maximum absolute atomic E-state index is 11.8. The predicted molar refractivity (Wildman–Crippen MR) is 83.6 cm³/mol. The zero-order chi connectivity index (χ0) is 15.4. The zero-order valence-corrected chi connectivity index (χ0v) is 13.4. The molecule has 0 radical (unpaired) electrons. The van der Waals surface area contributed by atoms with Crippen LogP contribution in [0.4, 0.5) is 0 Å². The highest BCUT2D eigenvalue weighted by atomic mass is 32.2. The number of amides is 1. The fraction of sp³-hybridized carbons (Fsp3) is 0.214. The minimum atomic E-state index is -0.0716. The standard InChI is InChI=1S/C14H13N3O3S2/c1-9-11(4-5-19-9)13-16-17-14(20-13)22-8-12(18)15-7-10-3-2-6-21-10/h2-6H,7-8H2,1H3,(H,15,18). The molecule has 3 heterocycles. The molecular formula is C14H13N3O3S2. The topological polar surface area (TPSA) is 81.2 Å². The van der Waals surface area contributed by atoms with Crippen LogP contribution >= 0.6 is 23.1 Å². The van der Waals surface area contributed by atoms with Crippen LogP contribution in [-0.2, 0) is 11.3 Å². The molecule has 1 N–H and O–H groups in total. The van der Waals surface area contributed by atoms with Crippen molar-refractivity contribution in [2.24, 2.45) is 0 Å². The maximum atomic E-state index is 11.8. The molecule has 0 unspecified atom stereocenters. The normalized spacial score (nSPS) is 10.8. The number of rotatable bonds is 6. The number of thioether (sulfide) groups is 1. The summed E-state index contributed by atoms with van der Waals surface area (Å²) in [4.78, 5) is 12.9. The van der Waals surface area contributed by atoms with Crippen molar-refractivity contribution in [3.63, 3.8) is 0 Å². The first kappa shape index (κ1) is 14.9. The molecule has 1 amide bonds. The van der Waals surface area contributed by atoms with Crippen molar-refractivity contribution >= 4 is 29.0 Å². The summed E-state index contributed by atoms with van der Waals surface area (Å²) in [5.41, 5.74) is 0.765. The van der Waals surface area contributed by atoms with E-state index in [-0.39, 0.29) is 11.7 Å². The number of nitrogens with zero attached hydrogens (tertiary/aromatic N) is 2. The van der Waals surface area contributed by atoms with Crippen LogP contribution in [0.2, 0.25) is 0 Å². The van der Waals surface area contributed by atoms with Crippen LogP contribution in [-0.4, -0.2) is 21.9 Å². The van der Waals surface area contributed by atoms with E-state index in [0.717, 1.165) is 10.4 Å². The van der Waals surface area contributed by atoms with Crippen molar-refractivity contribution in [1.29, 1.82) is 0 Å². The van der Waals surface area contributed by atoms with E-state index in [4.69, 9.17) is 8.83 Å². The number of furan rings is 1. The van der Waals surface area contributed by atoms with Gasteiger partial charge in [-0.1, -0.05) is 17.8 Å². The van der Waals surface area contributed by atoms with Gasteiger partial charge in [-0.3, -0.25) is 4.79 Å². The van der Waals surface area contributed by atoms with Crippen LogP contribution < -0.4 is 5.32 Å². The molecule has 0 fully saturated rings. The molecule has 0 aliphatic carbocycles. The lowest BCUT2D eigenvalue weighted by Gasteiger charge is -2.01. The van der Waals surface area contributed by atoms with Gasteiger partial charge >= 0.3 is 0 Å². The number of aryl methyl sites for hydroxylation is 1. The molecule has 3 aromatic heterocycles. The highest BCUT2D eigenvalue weighted by Crippen LogP contribution is 2.26. The molecule has 3 rings (SSSR count). The lowest BCUT2D eigenvalue weighted by molar-refractivity contribution is -0.118. The number of thiophene rings is 1. The molecule has 22 heavy (non-hydrogen) atoms. The number of hydrogen-bond acceptors (Lipinski definition) is 7. The van der Waals surface area contributed by atoms with Crippen LogP contribution in [0.15, 0.2) is 43.9 Å². The first-order valence-electron chi connectivity index (χ1n) is 6.52. The average molecular weight is 335 g/mol. The first-order valence-corrected chi connectivity index (χ1v) is 8.39. The molecule has 0 atom stereocenters. The Morgan fingerprint density at radius 3 is 3.05 bits per heavy atom. The van der Waals surface area contributed by atoms with Crippen molar-refractivity contribution in [2.75, 3.05) is 5.75 Å². The summed E-state index contributed by atoms with van der Waals surface area (Å²) < 4.78 is 10.7. The Kier molecular flexibility index (Phi) is 4.59. The van der Waals surface area contributed by atoms with Crippen molar-refractivity contribution in [3.05, 3.63) is 40.5 Å². The lowest BCUT2D eigenvalue weighted by atomic mass is 10.3. The largest absolute Gasteiger partial charge is 0.469 e. The lowest BCUT2D eigenvalue weighted by Crippen LogP contribution is -2.24. The fourth-order valence-corrected chi connectivity index (χ4v) is 3.00. The molecular weight excluding hydrogens is 322 g/mol. The van der Waals surface area contributed by atoms with E-state index in [1.54, 1.807) is 23.7 Å². The van der Waals surface area contributed by atoms with Crippen molar-refractivity contribution in [1.82, 2.24) is 15.5 Å². The molecule has 0 aliphatic rings. The molecule has 114 valence electrons.